The molecule has 0 fully saturated rings. The van der Waals surface area contributed by atoms with Crippen LogP contribution < -0.4 is 14.8 Å². The van der Waals surface area contributed by atoms with Gasteiger partial charge in [-0.15, -0.1) is 11.3 Å². The Morgan fingerprint density at radius 1 is 1.19 bits per heavy atom. The van der Waals surface area contributed by atoms with Crippen molar-refractivity contribution in [2.24, 2.45) is 0 Å². The maximum atomic E-state index is 11.4. The van der Waals surface area contributed by atoms with Crippen molar-refractivity contribution in [3.05, 3.63) is 35.0 Å². The zero-order valence-corrected chi connectivity index (χ0v) is 15.5. The predicted molar refractivity (Wildman–Crippen MR) is 101 cm³/mol. The lowest BCUT2D eigenvalue weighted by atomic mass is 10.2. The number of aromatic carboxylic acids is 1. The molecule has 2 N–H and O–H groups in total. The molecule has 0 saturated heterocycles. The minimum absolute atomic E-state index is 0.269. The van der Waals surface area contributed by atoms with Crippen LogP contribution in [0.1, 0.15) is 29.1 Å². The summed E-state index contributed by atoms with van der Waals surface area (Å²) in [5.41, 5.74) is 1.41. The van der Waals surface area contributed by atoms with E-state index in [2.05, 4.69) is 15.3 Å². The number of rotatable bonds is 7. The smallest absolute Gasteiger partial charge is 0.346 e. The number of anilines is 2. The molecule has 0 atom stereocenters. The lowest BCUT2D eigenvalue weighted by molar-refractivity contribution is 0.0701. The van der Waals surface area contributed by atoms with Crippen molar-refractivity contribution in [3.63, 3.8) is 0 Å². The minimum Gasteiger partial charge on any atom is -0.490 e. The van der Waals surface area contributed by atoms with Gasteiger partial charge in [0, 0.05) is 11.8 Å². The summed E-state index contributed by atoms with van der Waals surface area (Å²) in [6.07, 6.45) is 1.42. The fourth-order valence-corrected chi connectivity index (χ4v) is 3.62. The highest BCUT2D eigenvalue weighted by molar-refractivity contribution is 7.20. The molecule has 0 radical (unpaired) electrons. The fraction of sp³-hybridized carbons (Fsp3) is 0.278. The van der Waals surface area contributed by atoms with Gasteiger partial charge in [-0.3, -0.25) is 0 Å². The molecule has 1 aromatic carbocycles. The van der Waals surface area contributed by atoms with Crippen molar-refractivity contribution >= 4 is 39.0 Å². The van der Waals surface area contributed by atoms with Crippen LogP contribution in [0.4, 0.5) is 11.5 Å². The second kappa shape index (κ2) is 7.57. The number of nitrogens with zero attached hydrogens (tertiary/aromatic N) is 2. The van der Waals surface area contributed by atoms with E-state index in [1.165, 1.54) is 6.33 Å². The SMILES string of the molecule is CCOc1ccc(Nc2ncnc3sc(C(=O)O)c(C)c23)cc1OCC. The van der Waals surface area contributed by atoms with Crippen molar-refractivity contribution < 1.29 is 19.4 Å². The average Bonchev–Trinajstić information content (AvgIpc) is 2.96. The molecule has 2 heterocycles. The second-order valence-electron chi connectivity index (χ2n) is 5.42. The number of carboxylic acids is 1. The van der Waals surface area contributed by atoms with Gasteiger partial charge in [-0.2, -0.15) is 0 Å². The summed E-state index contributed by atoms with van der Waals surface area (Å²) in [4.78, 5) is 20.8. The Kier molecular flexibility index (Phi) is 5.22. The molecule has 0 aliphatic carbocycles. The van der Waals surface area contributed by atoms with E-state index in [-0.39, 0.29) is 4.88 Å². The number of fused-ring (bicyclic) bond motifs is 1. The first kappa shape index (κ1) is 17.9. The third-order valence-electron chi connectivity index (χ3n) is 3.73. The Hall–Kier alpha value is -2.87. The molecule has 2 aromatic heterocycles. The summed E-state index contributed by atoms with van der Waals surface area (Å²) >= 11 is 1.14. The van der Waals surface area contributed by atoms with Crippen LogP contribution in [0.15, 0.2) is 24.5 Å². The van der Waals surface area contributed by atoms with E-state index in [0.717, 1.165) is 17.0 Å². The van der Waals surface area contributed by atoms with Gasteiger partial charge < -0.3 is 19.9 Å². The molecule has 0 amide bonds. The maximum absolute atomic E-state index is 11.4. The average molecular weight is 373 g/mol. The van der Waals surface area contributed by atoms with Crippen LogP contribution in [-0.4, -0.2) is 34.3 Å². The third-order valence-corrected chi connectivity index (χ3v) is 4.92. The first-order chi connectivity index (χ1) is 12.5. The quantitative estimate of drug-likeness (QED) is 0.640. The number of carboxylic acid groups (broad SMARTS) is 1. The molecule has 26 heavy (non-hydrogen) atoms. The van der Waals surface area contributed by atoms with Gasteiger partial charge >= 0.3 is 5.97 Å². The van der Waals surface area contributed by atoms with E-state index in [0.29, 0.717) is 46.3 Å². The Morgan fingerprint density at radius 2 is 1.92 bits per heavy atom. The van der Waals surface area contributed by atoms with Crippen LogP contribution in [-0.2, 0) is 0 Å². The molecule has 0 aliphatic heterocycles. The van der Waals surface area contributed by atoms with Crippen molar-refractivity contribution in [2.75, 3.05) is 18.5 Å². The molecular weight excluding hydrogens is 354 g/mol. The number of thiophene rings is 1. The number of hydrogen-bond donors (Lipinski definition) is 2. The molecule has 0 bridgehead atoms. The number of ether oxygens (including phenoxy) is 2. The van der Waals surface area contributed by atoms with E-state index >= 15 is 0 Å². The van der Waals surface area contributed by atoms with Crippen LogP contribution in [0.2, 0.25) is 0 Å². The van der Waals surface area contributed by atoms with Gasteiger partial charge in [-0.1, -0.05) is 0 Å². The van der Waals surface area contributed by atoms with Crippen molar-refractivity contribution in [3.8, 4) is 11.5 Å². The summed E-state index contributed by atoms with van der Waals surface area (Å²) in [6.45, 7) is 6.66. The molecule has 136 valence electrons. The van der Waals surface area contributed by atoms with Gasteiger partial charge in [-0.25, -0.2) is 14.8 Å². The number of hydrogen-bond acceptors (Lipinski definition) is 7. The number of carbonyl (C=O) groups is 1. The van der Waals surface area contributed by atoms with Crippen LogP contribution in [0.5, 0.6) is 11.5 Å². The van der Waals surface area contributed by atoms with Gasteiger partial charge in [0.15, 0.2) is 11.5 Å². The molecule has 0 aliphatic rings. The van der Waals surface area contributed by atoms with E-state index in [1.807, 2.05) is 32.0 Å². The zero-order valence-electron chi connectivity index (χ0n) is 14.7. The molecule has 0 unspecified atom stereocenters. The van der Waals surface area contributed by atoms with Gasteiger partial charge in [-0.05, 0) is 38.5 Å². The molecule has 7 nitrogen and oxygen atoms in total. The number of aromatic nitrogens is 2. The van der Waals surface area contributed by atoms with Crippen molar-refractivity contribution in [1.29, 1.82) is 0 Å². The first-order valence-electron chi connectivity index (χ1n) is 8.19. The van der Waals surface area contributed by atoms with E-state index in [4.69, 9.17) is 9.47 Å². The molecule has 3 rings (SSSR count). The summed E-state index contributed by atoms with van der Waals surface area (Å²) in [7, 11) is 0. The zero-order chi connectivity index (χ0) is 18.7. The number of benzene rings is 1. The van der Waals surface area contributed by atoms with Gasteiger partial charge in [0.25, 0.3) is 0 Å². The Bertz CT molecular complexity index is 955. The van der Waals surface area contributed by atoms with Crippen LogP contribution in [0.3, 0.4) is 0 Å². The van der Waals surface area contributed by atoms with E-state index in [9.17, 15) is 9.90 Å². The third kappa shape index (κ3) is 3.41. The highest BCUT2D eigenvalue weighted by Gasteiger charge is 2.19. The van der Waals surface area contributed by atoms with Gasteiger partial charge in [0.2, 0.25) is 0 Å². The molecule has 0 saturated carbocycles. The molecule has 3 aromatic rings. The molecule has 0 spiro atoms. The van der Waals surface area contributed by atoms with E-state index < -0.39 is 5.97 Å². The predicted octanol–water partition coefficient (Wildman–Crippen LogP) is 4.24. The summed E-state index contributed by atoms with van der Waals surface area (Å²) in [5.74, 6) is 0.907. The largest absolute Gasteiger partial charge is 0.490 e. The molecule has 8 heteroatoms. The van der Waals surface area contributed by atoms with Crippen molar-refractivity contribution in [1.82, 2.24) is 9.97 Å². The topological polar surface area (TPSA) is 93.6 Å². The van der Waals surface area contributed by atoms with Gasteiger partial charge in [0.1, 0.15) is 21.9 Å². The van der Waals surface area contributed by atoms with E-state index in [1.54, 1.807) is 6.92 Å². The lowest BCUT2D eigenvalue weighted by Gasteiger charge is -2.13. The Morgan fingerprint density at radius 3 is 2.62 bits per heavy atom. The maximum Gasteiger partial charge on any atom is 0.346 e. The summed E-state index contributed by atoms with van der Waals surface area (Å²) in [6, 6.07) is 5.53. The van der Waals surface area contributed by atoms with Crippen LogP contribution in [0.25, 0.3) is 10.2 Å². The highest BCUT2D eigenvalue weighted by atomic mass is 32.1. The Balaban J connectivity index is 2.01. The first-order valence-corrected chi connectivity index (χ1v) is 9.00. The van der Waals surface area contributed by atoms with Crippen LogP contribution in [0, 0.1) is 6.92 Å². The van der Waals surface area contributed by atoms with Crippen molar-refractivity contribution in [2.45, 2.75) is 20.8 Å². The lowest BCUT2D eigenvalue weighted by Crippen LogP contribution is -2.01. The summed E-state index contributed by atoms with van der Waals surface area (Å²) in [5, 5.41) is 13.3. The normalized spacial score (nSPS) is 10.7. The summed E-state index contributed by atoms with van der Waals surface area (Å²) < 4.78 is 11.2. The monoisotopic (exact) mass is 373 g/mol. The highest BCUT2D eigenvalue weighted by Crippen LogP contribution is 2.36. The van der Waals surface area contributed by atoms with Crippen LogP contribution >= 0.6 is 11.3 Å². The molecular formula is C18H19N3O4S. The second-order valence-corrected chi connectivity index (χ2v) is 6.42. The number of aryl methyl sites for hydroxylation is 1. The number of nitrogens with one attached hydrogen (secondary N) is 1. The Labute approximate surface area is 154 Å². The minimum atomic E-state index is -0.962. The fourth-order valence-electron chi connectivity index (χ4n) is 2.64. The standard InChI is InChI=1S/C18H19N3O4S/c1-4-24-12-7-6-11(8-13(12)25-5-2)21-16-14-10(3)15(18(22)23)26-17(14)20-9-19-16/h6-9H,4-5H2,1-3H3,(H,22,23)(H,19,20,21). The van der Waals surface area contributed by atoms with Gasteiger partial charge in [0.05, 0.1) is 18.6 Å².